The van der Waals surface area contributed by atoms with E-state index in [-0.39, 0.29) is 0 Å². The second-order valence-corrected chi connectivity index (χ2v) is 8.87. The number of rotatable bonds is 8. The number of nitrogens with zero attached hydrogens (tertiary/aromatic N) is 2. The first-order valence-electron chi connectivity index (χ1n) is 10.5. The minimum atomic E-state index is 0.654. The fraction of sp³-hybridized carbons (Fsp3) is 0.192. The van der Waals surface area contributed by atoms with E-state index in [0.29, 0.717) is 6.61 Å². The van der Waals surface area contributed by atoms with Gasteiger partial charge < -0.3 is 14.0 Å². The van der Waals surface area contributed by atoms with Gasteiger partial charge in [-0.3, -0.25) is 0 Å². The van der Waals surface area contributed by atoms with Crippen molar-refractivity contribution in [3.8, 4) is 22.8 Å². The lowest BCUT2D eigenvalue weighted by Crippen LogP contribution is -2.17. The molecule has 0 unspecified atom stereocenters. The van der Waals surface area contributed by atoms with Crippen LogP contribution < -0.4 is 14.3 Å². The Hall–Kier alpha value is -2.83. The van der Waals surface area contributed by atoms with E-state index in [0.717, 1.165) is 50.7 Å². The molecule has 0 bridgehead atoms. The van der Waals surface area contributed by atoms with Crippen molar-refractivity contribution in [1.82, 2.24) is 4.57 Å². The zero-order chi connectivity index (χ0) is 22.3. The van der Waals surface area contributed by atoms with Crippen LogP contribution in [0.3, 0.4) is 0 Å². The van der Waals surface area contributed by atoms with Crippen LogP contribution >= 0.6 is 27.3 Å². The Balaban J connectivity index is 1.73. The van der Waals surface area contributed by atoms with Gasteiger partial charge in [-0.1, -0.05) is 30.3 Å². The summed E-state index contributed by atoms with van der Waals surface area (Å²) in [5, 5.41) is 2.17. The number of hydrogen-bond donors (Lipinski definition) is 0. The average Bonchev–Trinajstić information content (AvgIpc) is 3.22. The Bertz CT molecular complexity index is 1230. The highest BCUT2D eigenvalue weighted by molar-refractivity contribution is 9.10. The maximum atomic E-state index is 5.56. The van der Waals surface area contributed by atoms with Crippen molar-refractivity contribution in [2.24, 2.45) is 4.99 Å². The predicted octanol–water partition coefficient (Wildman–Crippen LogP) is 6.86. The third-order valence-electron chi connectivity index (χ3n) is 5.08. The molecule has 0 amide bonds. The SMILES string of the molecule is CCOc1ccc(N=c2scc(-c3ccc(OC)c(Br)c3)n2CCc2ccccc2)cc1. The molecule has 3 aromatic carbocycles. The smallest absolute Gasteiger partial charge is 0.190 e. The van der Waals surface area contributed by atoms with Gasteiger partial charge in [0.2, 0.25) is 0 Å². The molecule has 0 N–H and O–H groups in total. The first-order valence-corrected chi connectivity index (χ1v) is 12.2. The Kier molecular flexibility index (Phi) is 7.45. The van der Waals surface area contributed by atoms with Gasteiger partial charge in [0, 0.05) is 17.5 Å². The molecule has 0 saturated heterocycles. The van der Waals surface area contributed by atoms with Crippen LogP contribution in [0.4, 0.5) is 5.69 Å². The summed E-state index contributed by atoms with van der Waals surface area (Å²) < 4.78 is 14.2. The fourth-order valence-electron chi connectivity index (χ4n) is 3.47. The third-order valence-corrected chi connectivity index (χ3v) is 6.57. The number of aromatic nitrogens is 1. The van der Waals surface area contributed by atoms with Gasteiger partial charge in [-0.15, -0.1) is 11.3 Å². The van der Waals surface area contributed by atoms with Gasteiger partial charge in [-0.25, -0.2) is 4.99 Å². The molecule has 32 heavy (non-hydrogen) atoms. The quantitative estimate of drug-likeness (QED) is 0.260. The molecule has 0 saturated carbocycles. The molecule has 0 radical (unpaired) electrons. The molecule has 0 atom stereocenters. The molecular weight excluding hydrogens is 484 g/mol. The van der Waals surface area contributed by atoms with Crippen LogP contribution in [0.25, 0.3) is 11.3 Å². The number of ether oxygens (including phenoxy) is 2. The molecule has 6 heteroatoms. The minimum absolute atomic E-state index is 0.654. The van der Waals surface area contributed by atoms with Crippen molar-refractivity contribution in [3.63, 3.8) is 0 Å². The number of halogens is 1. The first kappa shape index (κ1) is 22.4. The lowest BCUT2D eigenvalue weighted by molar-refractivity contribution is 0.340. The second kappa shape index (κ2) is 10.7. The van der Waals surface area contributed by atoms with E-state index in [9.17, 15) is 0 Å². The van der Waals surface area contributed by atoms with E-state index in [1.807, 2.05) is 43.3 Å². The number of benzene rings is 3. The van der Waals surface area contributed by atoms with E-state index in [1.165, 1.54) is 5.56 Å². The van der Waals surface area contributed by atoms with Crippen molar-refractivity contribution >= 4 is 33.0 Å². The summed E-state index contributed by atoms with van der Waals surface area (Å²) in [6.07, 6.45) is 0.929. The Morgan fingerprint density at radius 3 is 2.47 bits per heavy atom. The second-order valence-electron chi connectivity index (χ2n) is 7.18. The first-order chi connectivity index (χ1) is 15.7. The maximum absolute atomic E-state index is 5.56. The third kappa shape index (κ3) is 5.31. The topological polar surface area (TPSA) is 35.8 Å². The largest absolute Gasteiger partial charge is 0.496 e. The monoisotopic (exact) mass is 508 g/mol. The lowest BCUT2D eigenvalue weighted by atomic mass is 10.1. The summed E-state index contributed by atoms with van der Waals surface area (Å²) in [4.78, 5) is 5.91. The van der Waals surface area contributed by atoms with Crippen LogP contribution in [0.15, 0.2) is 87.6 Å². The van der Waals surface area contributed by atoms with Gasteiger partial charge in [0.05, 0.1) is 29.6 Å². The van der Waals surface area contributed by atoms with Gasteiger partial charge in [-0.05, 0) is 77.3 Å². The van der Waals surface area contributed by atoms with E-state index in [1.54, 1.807) is 18.4 Å². The van der Waals surface area contributed by atoms with Crippen LogP contribution in [0.2, 0.25) is 0 Å². The van der Waals surface area contributed by atoms with Crippen LogP contribution in [-0.2, 0) is 13.0 Å². The molecule has 0 aliphatic rings. The molecule has 0 spiro atoms. The Morgan fingerprint density at radius 2 is 1.78 bits per heavy atom. The van der Waals surface area contributed by atoms with Gasteiger partial charge in [-0.2, -0.15) is 0 Å². The molecule has 1 heterocycles. The molecule has 1 aromatic heterocycles. The number of methoxy groups -OCH3 is 1. The van der Waals surface area contributed by atoms with E-state index in [2.05, 4.69) is 62.3 Å². The van der Waals surface area contributed by atoms with Crippen molar-refractivity contribution < 1.29 is 9.47 Å². The zero-order valence-electron chi connectivity index (χ0n) is 18.1. The molecule has 0 aliphatic heterocycles. The predicted molar refractivity (Wildman–Crippen MR) is 135 cm³/mol. The molecule has 0 aliphatic carbocycles. The van der Waals surface area contributed by atoms with Gasteiger partial charge in [0.15, 0.2) is 4.80 Å². The lowest BCUT2D eigenvalue weighted by Gasteiger charge is -2.11. The van der Waals surface area contributed by atoms with Crippen molar-refractivity contribution in [2.75, 3.05) is 13.7 Å². The highest BCUT2D eigenvalue weighted by atomic mass is 79.9. The number of thiazole rings is 1. The van der Waals surface area contributed by atoms with Crippen LogP contribution in [-0.4, -0.2) is 18.3 Å². The normalized spacial score (nSPS) is 11.5. The molecule has 164 valence electrons. The number of aryl methyl sites for hydroxylation is 1. The van der Waals surface area contributed by atoms with Crippen molar-refractivity contribution in [1.29, 1.82) is 0 Å². The standard InChI is InChI=1S/C26H25BrN2O2S/c1-3-31-22-12-10-21(11-13-22)28-26-29(16-15-19-7-5-4-6-8-19)24(18-32-26)20-9-14-25(30-2)23(27)17-20/h4-14,17-18H,3,15-16H2,1-2H3. The average molecular weight is 509 g/mol. The summed E-state index contributed by atoms with van der Waals surface area (Å²) >= 11 is 5.27. The highest BCUT2D eigenvalue weighted by Crippen LogP contribution is 2.31. The summed E-state index contributed by atoms with van der Waals surface area (Å²) in [6.45, 7) is 3.47. The van der Waals surface area contributed by atoms with Gasteiger partial charge in [0.25, 0.3) is 0 Å². The van der Waals surface area contributed by atoms with E-state index < -0.39 is 0 Å². The van der Waals surface area contributed by atoms with Crippen molar-refractivity contribution in [2.45, 2.75) is 19.9 Å². The van der Waals surface area contributed by atoms with Gasteiger partial charge >= 0.3 is 0 Å². The Morgan fingerprint density at radius 1 is 1.00 bits per heavy atom. The van der Waals surface area contributed by atoms with Crippen LogP contribution in [0.5, 0.6) is 11.5 Å². The molecule has 4 rings (SSSR count). The summed E-state index contributed by atoms with van der Waals surface area (Å²) in [7, 11) is 1.68. The zero-order valence-corrected chi connectivity index (χ0v) is 20.5. The Labute approximate surface area is 200 Å². The van der Waals surface area contributed by atoms with E-state index >= 15 is 0 Å². The molecule has 4 nitrogen and oxygen atoms in total. The van der Waals surface area contributed by atoms with Crippen LogP contribution in [0, 0.1) is 0 Å². The highest BCUT2D eigenvalue weighted by Gasteiger charge is 2.11. The maximum Gasteiger partial charge on any atom is 0.190 e. The van der Waals surface area contributed by atoms with E-state index in [4.69, 9.17) is 14.5 Å². The van der Waals surface area contributed by atoms with Gasteiger partial charge in [0.1, 0.15) is 11.5 Å². The summed E-state index contributed by atoms with van der Waals surface area (Å²) in [6, 6.07) is 24.6. The number of hydrogen-bond acceptors (Lipinski definition) is 4. The fourth-order valence-corrected chi connectivity index (χ4v) is 4.97. The summed E-state index contributed by atoms with van der Waals surface area (Å²) in [5.74, 6) is 1.68. The minimum Gasteiger partial charge on any atom is -0.496 e. The molecule has 0 fully saturated rings. The molecular formula is C26H25BrN2O2S. The van der Waals surface area contributed by atoms with Crippen LogP contribution in [0.1, 0.15) is 12.5 Å². The molecule has 4 aromatic rings. The van der Waals surface area contributed by atoms with Crippen molar-refractivity contribution in [3.05, 3.63) is 93.0 Å². The summed E-state index contributed by atoms with van der Waals surface area (Å²) in [5.41, 5.74) is 4.47.